The van der Waals surface area contributed by atoms with Gasteiger partial charge in [-0.1, -0.05) is 135 Å². The van der Waals surface area contributed by atoms with Crippen LogP contribution in [-0.4, -0.2) is 0 Å². The van der Waals surface area contributed by atoms with Crippen molar-refractivity contribution in [3.63, 3.8) is 0 Å². The molecule has 0 spiro atoms. The smallest absolute Gasteiger partial charge is 0.00701 e. The molecule has 0 aliphatic rings. The molecule has 0 amide bonds. The van der Waals surface area contributed by atoms with Crippen LogP contribution in [0.1, 0.15) is 48.1 Å². The van der Waals surface area contributed by atoms with E-state index in [1.807, 2.05) is 32.1 Å². The SMILES string of the molecule is C=CC/C(C=C)=C(/c1ccc(-c2cc(/C=C\C)c(C=C)c3ccccc23)cc1)c1ccccc1C(=C)C(=C)C. The first-order chi connectivity index (χ1) is 18.9. The maximum Gasteiger partial charge on any atom is -0.00701 e. The molecular weight excluding hydrogens is 468 g/mol. The molecule has 0 fully saturated rings. The van der Waals surface area contributed by atoms with Crippen molar-refractivity contribution in [3.05, 3.63) is 169 Å². The monoisotopic (exact) mass is 504 g/mol. The number of fused-ring (bicyclic) bond motifs is 1. The van der Waals surface area contributed by atoms with Crippen molar-refractivity contribution in [1.29, 1.82) is 0 Å². The van der Waals surface area contributed by atoms with E-state index in [0.29, 0.717) is 0 Å². The number of benzene rings is 4. The first-order valence-electron chi connectivity index (χ1n) is 13.3. The molecule has 4 aromatic carbocycles. The Kier molecular flexibility index (Phi) is 8.59. The summed E-state index contributed by atoms with van der Waals surface area (Å²) in [6.45, 7) is 24.8. The van der Waals surface area contributed by atoms with Crippen LogP contribution in [0.15, 0.2) is 141 Å². The highest BCUT2D eigenvalue weighted by Gasteiger charge is 2.16. The van der Waals surface area contributed by atoms with Gasteiger partial charge < -0.3 is 0 Å². The first-order valence-corrected chi connectivity index (χ1v) is 13.3. The molecule has 0 saturated carbocycles. The summed E-state index contributed by atoms with van der Waals surface area (Å²) in [6.07, 6.45) is 10.8. The Morgan fingerprint density at radius 1 is 0.795 bits per heavy atom. The Bertz CT molecular complexity index is 1650. The lowest BCUT2D eigenvalue weighted by Gasteiger charge is -2.19. The molecule has 0 bridgehead atoms. The fourth-order valence-corrected chi connectivity index (χ4v) is 5.17. The second kappa shape index (κ2) is 12.2. The lowest BCUT2D eigenvalue weighted by Crippen LogP contribution is -1.99. The third-order valence-corrected chi connectivity index (χ3v) is 7.12. The minimum absolute atomic E-state index is 0.717. The van der Waals surface area contributed by atoms with Gasteiger partial charge in [0.1, 0.15) is 0 Å². The maximum absolute atomic E-state index is 4.33. The highest BCUT2D eigenvalue weighted by atomic mass is 14.2. The summed E-state index contributed by atoms with van der Waals surface area (Å²) < 4.78 is 0. The van der Waals surface area contributed by atoms with Crippen LogP contribution in [0, 0.1) is 0 Å². The number of hydrogen-bond donors (Lipinski definition) is 0. The minimum Gasteiger partial charge on any atom is -0.103 e. The molecular formula is C39H36. The average molecular weight is 505 g/mol. The Labute approximate surface area is 234 Å². The standard InChI is InChI=1S/C39H36/c1-8-16-29(10-3)39(37-21-15-12-18-34(37)28(7)27(5)6)31-24-22-30(23-25-31)38-26-32(17-9-2)33(11-4)35-19-13-14-20-36(35)38/h8-15,17-26H,1,3-5,7,16H2,2,6H3/b17-9-,39-29-. The quantitative estimate of drug-likeness (QED) is 0.149. The summed E-state index contributed by atoms with van der Waals surface area (Å²) in [5.41, 5.74) is 12.2. The molecule has 0 heteroatoms. The van der Waals surface area contributed by atoms with E-state index < -0.39 is 0 Å². The second-order valence-electron chi connectivity index (χ2n) is 9.66. The molecule has 0 heterocycles. The van der Waals surface area contributed by atoms with Crippen molar-refractivity contribution in [3.8, 4) is 11.1 Å². The Balaban J connectivity index is 1.94. The van der Waals surface area contributed by atoms with Crippen LogP contribution in [0.4, 0.5) is 0 Å². The summed E-state index contributed by atoms with van der Waals surface area (Å²) in [5.74, 6) is 0. The van der Waals surface area contributed by atoms with Crippen LogP contribution in [0.3, 0.4) is 0 Å². The maximum atomic E-state index is 4.33. The van der Waals surface area contributed by atoms with Crippen molar-refractivity contribution in [2.45, 2.75) is 20.3 Å². The van der Waals surface area contributed by atoms with Gasteiger partial charge in [0.25, 0.3) is 0 Å². The van der Waals surface area contributed by atoms with Crippen LogP contribution in [0.5, 0.6) is 0 Å². The Hall–Kier alpha value is -4.68. The van der Waals surface area contributed by atoms with Crippen LogP contribution in [-0.2, 0) is 0 Å². The van der Waals surface area contributed by atoms with Gasteiger partial charge in [0, 0.05) is 0 Å². The zero-order valence-electron chi connectivity index (χ0n) is 23.1. The zero-order chi connectivity index (χ0) is 27.9. The fourth-order valence-electron chi connectivity index (χ4n) is 5.17. The lowest BCUT2D eigenvalue weighted by atomic mass is 9.85. The van der Waals surface area contributed by atoms with Gasteiger partial charge in [-0.15, -0.1) is 6.58 Å². The number of rotatable bonds is 10. The van der Waals surface area contributed by atoms with Gasteiger partial charge in [0.15, 0.2) is 0 Å². The van der Waals surface area contributed by atoms with Crippen molar-refractivity contribution < 1.29 is 0 Å². The molecule has 0 aromatic heterocycles. The summed E-state index contributed by atoms with van der Waals surface area (Å²) >= 11 is 0. The topological polar surface area (TPSA) is 0 Å². The van der Waals surface area contributed by atoms with Gasteiger partial charge in [-0.2, -0.15) is 0 Å². The molecule has 4 rings (SSSR count). The highest BCUT2D eigenvalue weighted by molar-refractivity contribution is 6.04. The van der Waals surface area contributed by atoms with E-state index in [-0.39, 0.29) is 0 Å². The largest absolute Gasteiger partial charge is 0.103 e. The van der Waals surface area contributed by atoms with Crippen molar-refractivity contribution in [2.24, 2.45) is 0 Å². The predicted molar refractivity (Wildman–Crippen MR) is 176 cm³/mol. The molecule has 0 aliphatic carbocycles. The molecule has 0 atom stereocenters. The normalized spacial score (nSPS) is 11.7. The lowest BCUT2D eigenvalue weighted by molar-refractivity contribution is 1.29. The molecule has 0 saturated heterocycles. The highest BCUT2D eigenvalue weighted by Crippen LogP contribution is 2.38. The van der Waals surface area contributed by atoms with Crippen molar-refractivity contribution in [2.75, 3.05) is 0 Å². The van der Waals surface area contributed by atoms with Gasteiger partial charge in [0.05, 0.1) is 0 Å². The molecule has 0 radical (unpaired) electrons. The summed E-state index contributed by atoms with van der Waals surface area (Å²) in [7, 11) is 0. The Morgan fingerprint density at radius 2 is 1.44 bits per heavy atom. The van der Waals surface area contributed by atoms with Crippen molar-refractivity contribution in [1.82, 2.24) is 0 Å². The van der Waals surface area contributed by atoms with E-state index in [1.54, 1.807) is 0 Å². The van der Waals surface area contributed by atoms with E-state index in [1.165, 1.54) is 21.9 Å². The summed E-state index contributed by atoms with van der Waals surface area (Å²) in [5, 5.41) is 2.42. The average Bonchev–Trinajstić information content (AvgIpc) is 2.96. The molecule has 192 valence electrons. The van der Waals surface area contributed by atoms with Gasteiger partial charge in [-0.25, -0.2) is 0 Å². The fraction of sp³-hybridized carbons (Fsp3) is 0.0769. The molecule has 0 N–H and O–H groups in total. The van der Waals surface area contributed by atoms with E-state index >= 15 is 0 Å². The second-order valence-corrected chi connectivity index (χ2v) is 9.66. The molecule has 0 aliphatic heterocycles. The predicted octanol–water partition coefficient (Wildman–Crippen LogP) is 11.3. The van der Waals surface area contributed by atoms with Crippen molar-refractivity contribution >= 4 is 34.1 Å². The van der Waals surface area contributed by atoms with Crippen LogP contribution in [0.25, 0.3) is 45.2 Å². The third kappa shape index (κ3) is 5.47. The van der Waals surface area contributed by atoms with Gasteiger partial charge in [0.2, 0.25) is 0 Å². The van der Waals surface area contributed by atoms with Gasteiger partial charge in [-0.05, 0) is 92.8 Å². The van der Waals surface area contributed by atoms with Crippen LogP contribution < -0.4 is 0 Å². The summed E-state index contributed by atoms with van der Waals surface area (Å²) in [6, 6.07) is 28.1. The van der Waals surface area contributed by atoms with Gasteiger partial charge in [-0.3, -0.25) is 0 Å². The van der Waals surface area contributed by atoms with Gasteiger partial charge >= 0.3 is 0 Å². The molecule has 0 unspecified atom stereocenters. The summed E-state index contributed by atoms with van der Waals surface area (Å²) in [4.78, 5) is 0. The molecule has 4 aromatic rings. The third-order valence-electron chi connectivity index (χ3n) is 7.12. The van der Waals surface area contributed by atoms with E-state index in [4.69, 9.17) is 0 Å². The van der Waals surface area contributed by atoms with Crippen LogP contribution in [0.2, 0.25) is 0 Å². The minimum atomic E-state index is 0.717. The van der Waals surface area contributed by atoms with E-state index in [0.717, 1.165) is 56.5 Å². The zero-order valence-corrected chi connectivity index (χ0v) is 23.1. The first kappa shape index (κ1) is 27.4. The Morgan fingerprint density at radius 3 is 2.03 bits per heavy atom. The van der Waals surface area contributed by atoms with E-state index in [2.05, 4.69) is 124 Å². The molecule has 0 nitrogen and oxygen atoms in total. The van der Waals surface area contributed by atoms with E-state index in [9.17, 15) is 0 Å². The number of allylic oxidation sites excluding steroid dienone is 6. The van der Waals surface area contributed by atoms with Crippen LogP contribution >= 0.6 is 0 Å². The molecule has 39 heavy (non-hydrogen) atoms. The number of hydrogen-bond acceptors (Lipinski definition) is 0.